The summed E-state index contributed by atoms with van der Waals surface area (Å²) < 4.78 is 7.92. The number of likely N-dealkylation sites (tertiary alicyclic amines) is 1. The molecule has 2 fully saturated rings. The number of rotatable bonds is 5. The first kappa shape index (κ1) is 17.2. The van der Waals surface area contributed by atoms with Crippen LogP contribution in [0.5, 0.6) is 0 Å². The minimum atomic E-state index is -0.341. The van der Waals surface area contributed by atoms with Crippen LogP contribution in [0.15, 0.2) is 36.8 Å². The summed E-state index contributed by atoms with van der Waals surface area (Å²) >= 11 is 0. The van der Waals surface area contributed by atoms with Gasteiger partial charge in [0.25, 0.3) is 0 Å². The number of fused-ring (bicyclic) bond motifs is 1. The summed E-state index contributed by atoms with van der Waals surface area (Å²) in [7, 11) is 1.93. The van der Waals surface area contributed by atoms with Crippen molar-refractivity contribution in [2.24, 2.45) is 13.0 Å². The van der Waals surface area contributed by atoms with E-state index in [1.165, 1.54) is 5.56 Å². The van der Waals surface area contributed by atoms with Gasteiger partial charge in [-0.3, -0.25) is 19.4 Å². The lowest BCUT2D eigenvalue weighted by Gasteiger charge is -2.33. The largest absolute Gasteiger partial charge is 0.364 e. The summed E-state index contributed by atoms with van der Waals surface area (Å²) in [6.07, 6.45) is 7.40. The van der Waals surface area contributed by atoms with Crippen molar-refractivity contribution < 1.29 is 9.53 Å². The van der Waals surface area contributed by atoms with E-state index in [9.17, 15) is 4.79 Å². The van der Waals surface area contributed by atoms with Crippen molar-refractivity contribution in [2.45, 2.75) is 38.1 Å². The number of amides is 1. The average molecular weight is 355 g/mol. The third-order valence-electron chi connectivity index (χ3n) is 5.26. The molecule has 3 atom stereocenters. The van der Waals surface area contributed by atoms with Crippen LogP contribution in [0.25, 0.3) is 0 Å². The molecule has 0 saturated carbocycles. The molecule has 2 saturated heterocycles. The van der Waals surface area contributed by atoms with Crippen LogP contribution in [-0.2, 0) is 29.7 Å². The van der Waals surface area contributed by atoms with Gasteiger partial charge in [-0.25, -0.2) is 0 Å². The molecule has 2 aromatic rings. The van der Waals surface area contributed by atoms with E-state index in [0.717, 1.165) is 38.2 Å². The highest BCUT2D eigenvalue weighted by Crippen LogP contribution is 2.33. The van der Waals surface area contributed by atoms with Crippen molar-refractivity contribution in [2.75, 3.05) is 13.1 Å². The molecule has 1 amide bonds. The van der Waals surface area contributed by atoms with E-state index < -0.39 is 0 Å². The van der Waals surface area contributed by atoms with Gasteiger partial charge in [0.1, 0.15) is 6.10 Å². The summed E-state index contributed by atoms with van der Waals surface area (Å²) in [5.74, 6) is 0.453. The van der Waals surface area contributed by atoms with Crippen molar-refractivity contribution >= 4 is 5.91 Å². The maximum Gasteiger partial charge on any atom is 0.249 e. The quantitative estimate of drug-likeness (QED) is 0.870. The van der Waals surface area contributed by atoms with Gasteiger partial charge in [0.15, 0.2) is 0 Å². The summed E-state index contributed by atoms with van der Waals surface area (Å²) in [5.41, 5.74) is 2.08. The maximum atomic E-state index is 12.4. The fourth-order valence-electron chi connectivity index (χ4n) is 3.91. The average Bonchev–Trinajstić information content (AvgIpc) is 3.26. The first-order valence-electron chi connectivity index (χ1n) is 9.20. The molecular formula is C19H25N5O2. The maximum absolute atomic E-state index is 12.4. The van der Waals surface area contributed by atoms with Gasteiger partial charge in [-0.15, -0.1) is 0 Å². The van der Waals surface area contributed by atoms with Crippen LogP contribution in [0, 0.1) is 5.92 Å². The summed E-state index contributed by atoms with van der Waals surface area (Å²) in [5, 5.41) is 7.18. The fraction of sp³-hybridized carbons (Fsp3) is 0.526. The highest BCUT2D eigenvalue weighted by molar-refractivity contribution is 5.81. The summed E-state index contributed by atoms with van der Waals surface area (Å²) in [6, 6.07) is 5.70. The number of carbonyl (C=O) groups is 1. The van der Waals surface area contributed by atoms with E-state index >= 15 is 0 Å². The highest BCUT2D eigenvalue weighted by atomic mass is 16.5. The molecule has 1 N–H and O–H groups in total. The monoisotopic (exact) mass is 355 g/mol. The van der Waals surface area contributed by atoms with Crippen LogP contribution in [0.1, 0.15) is 24.1 Å². The highest BCUT2D eigenvalue weighted by Gasteiger charge is 2.41. The van der Waals surface area contributed by atoms with E-state index in [0.29, 0.717) is 12.5 Å². The molecule has 0 spiro atoms. The first-order valence-corrected chi connectivity index (χ1v) is 9.20. The second-order valence-corrected chi connectivity index (χ2v) is 7.24. The van der Waals surface area contributed by atoms with Crippen LogP contribution in [0.2, 0.25) is 0 Å². The van der Waals surface area contributed by atoms with Gasteiger partial charge in [-0.05, 0) is 37.4 Å². The van der Waals surface area contributed by atoms with E-state index in [-0.39, 0.29) is 18.1 Å². The predicted octanol–water partition coefficient (Wildman–Crippen LogP) is 1.11. The molecular weight excluding hydrogens is 330 g/mol. The molecule has 7 nitrogen and oxygen atoms in total. The topological polar surface area (TPSA) is 72.3 Å². The summed E-state index contributed by atoms with van der Waals surface area (Å²) in [4.78, 5) is 19.1. The second-order valence-electron chi connectivity index (χ2n) is 7.24. The molecule has 2 aromatic heterocycles. The SMILES string of the molecule is Cn1cc(CN2CC[C@H]3C[C@H](C(=O)NCc4ccccn4)O[C@H]3C2)cn1. The molecule has 0 radical (unpaired) electrons. The Morgan fingerprint density at radius 3 is 3.12 bits per heavy atom. The third-order valence-corrected chi connectivity index (χ3v) is 5.26. The molecule has 2 aliphatic heterocycles. The van der Waals surface area contributed by atoms with Crippen LogP contribution in [0.3, 0.4) is 0 Å². The van der Waals surface area contributed by atoms with Crippen LogP contribution >= 0.6 is 0 Å². The Hall–Kier alpha value is -2.25. The fourth-order valence-corrected chi connectivity index (χ4v) is 3.91. The number of nitrogens with one attached hydrogen (secondary N) is 1. The lowest BCUT2D eigenvalue weighted by atomic mass is 9.91. The van der Waals surface area contributed by atoms with Gasteiger partial charge in [0, 0.05) is 38.1 Å². The first-order chi connectivity index (χ1) is 12.7. The third kappa shape index (κ3) is 3.94. The molecule has 2 aliphatic rings. The van der Waals surface area contributed by atoms with E-state index in [2.05, 4.69) is 26.5 Å². The number of piperidine rings is 1. The van der Waals surface area contributed by atoms with E-state index in [1.54, 1.807) is 6.20 Å². The Morgan fingerprint density at radius 1 is 1.42 bits per heavy atom. The Kier molecular flexibility index (Phi) is 4.99. The number of hydrogen-bond donors (Lipinski definition) is 1. The number of ether oxygens (including phenoxy) is 1. The summed E-state index contributed by atoms with van der Waals surface area (Å²) in [6.45, 7) is 3.25. The van der Waals surface area contributed by atoms with Gasteiger partial charge in [-0.1, -0.05) is 6.07 Å². The minimum Gasteiger partial charge on any atom is -0.364 e. The number of pyridine rings is 1. The lowest BCUT2D eigenvalue weighted by molar-refractivity contribution is -0.133. The molecule has 7 heteroatoms. The normalized spacial score (nSPS) is 25.8. The van der Waals surface area contributed by atoms with Crippen LogP contribution in [0.4, 0.5) is 0 Å². The van der Waals surface area contributed by atoms with Crippen LogP contribution in [-0.4, -0.2) is 50.9 Å². The number of carbonyl (C=O) groups excluding carboxylic acids is 1. The van der Waals surface area contributed by atoms with Crippen LogP contribution < -0.4 is 5.32 Å². The van der Waals surface area contributed by atoms with Crippen molar-refractivity contribution in [1.82, 2.24) is 25.0 Å². The van der Waals surface area contributed by atoms with Gasteiger partial charge in [0.05, 0.1) is 24.5 Å². The zero-order valence-electron chi connectivity index (χ0n) is 15.0. The predicted molar refractivity (Wildman–Crippen MR) is 96.0 cm³/mol. The van der Waals surface area contributed by atoms with Crippen molar-refractivity contribution in [3.05, 3.63) is 48.0 Å². The van der Waals surface area contributed by atoms with Crippen molar-refractivity contribution in [3.63, 3.8) is 0 Å². The number of aryl methyl sites for hydroxylation is 1. The van der Waals surface area contributed by atoms with Gasteiger partial charge in [0.2, 0.25) is 5.91 Å². The zero-order valence-corrected chi connectivity index (χ0v) is 15.0. The van der Waals surface area contributed by atoms with E-state index in [1.807, 2.05) is 36.1 Å². The van der Waals surface area contributed by atoms with E-state index in [4.69, 9.17) is 4.74 Å². The molecule has 0 unspecified atom stereocenters. The number of aromatic nitrogens is 3. The minimum absolute atomic E-state index is 0.0242. The molecule has 4 rings (SSSR count). The number of nitrogens with zero attached hydrogens (tertiary/aromatic N) is 4. The number of hydrogen-bond acceptors (Lipinski definition) is 5. The Morgan fingerprint density at radius 2 is 2.35 bits per heavy atom. The molecule has 0 aliphatic carbocycles. The molecule has 0 aromatic carbocycles. The van der Waals surface area contributed by atoms with Crippen molar-refractivity contribution in [1.29, 1.82) is 0 Å². The Bertz CT molecular complexity index is 747. The Balaban J connectivity index is 1.28. The second kappa shape index (κ2) is 7.55. The van der Waals surface area contributed by atoms with Gasteiger partial charge in [-0.2, -0.15) is 5.10 Å². The van der Waals surface area contributed by atoms with Gasteiger partial charge < -0.3 is 10.1 Å². The van der Waals surface area contributed by atoms with Crippen molar-refractivity contribution in [3.8, 4) is 0 Å². The molecule has 4 heterocycles. The van der Waals surface area contributed by atoms with Gasteiger partial charge >= 0.3 is 0 Å². The standard InChI is InChI=1S/C19H25N5O2/c1-23-11-14(9-22-23)12-24-7-5-15-8-17(26-18(15)13-24)19(25)21-10-16-4-2-3-6-20-16/h2-4,6,9,11,15,17-18H,5,7-8,10,12-13H2,1H3,(H,21,25)/t15-,17+,18-/m0/s1. The smallest absolute Gasteiger partial charge is 0.249 e. The molecule has 138 valence electrons. The zero-order chi connectivity index (χ0) is 17.9. The lowest BCUT2D eigenvalue weighted by Crippen LogP contribution is -2.42. The molecule has 0 bridgehead atoms. The molecule has 26 heavy (non-hydrogen) atoms. The Labute approximate surface area is 153 Å².